The fraction of sp³-hybridized carbons (Fsp3) is 0.450. The van der Waals surface area contributed by atoms with Crippen LogP contribution >= 0.6 is 0 Å². The molecule has 0 bridgehead atoms. The first-order chi connectivity index (χ1) is 12.5. The summed E-state index contributed by atoms with van der Waals surface area (Å²) in [6.45, 7) is 9.94. The second-order valence-electron chi connectivity index (χ2n) is 7.18. The van der Waals surface area contributed by atoms with Gasteiger partial charge in [-0.2, -0.15) is 0 Å². The molecule has 1 aromatic heterocycles. The molecule has 2 amide bonds. The maximum atomic E-state index is 12.2. The van der Waals surface area contributed by atoms with Gasteiger partial charge in [-0.25, -0.2) is 14.8 Å². The number of carbonyl (C=O) groups excluding carboxylic acids is 1. The Balaban J connectivity index is 1.62. The molecule has 0 aliphatic carbocycles. The highest BCUT2D eigenvalue weighted by atomic mass is 16.2. The zero-order chi connectivity index (χ0) is 18.5. The highest BCUT2D eigenvalue weighted by molar-refractivity contribution is 5.74. The third-order valence-electron chi connectivity index (χ3n) is 4.55. The van der Waals surface area contributed by atoms with Crippen LogP contribution in [-0.2, 0) is 0 Å². The second kappa shape index (κ2) is 8.17. The summed E-state index contributed by atoms with van der Waals surface area (Å²) in [6.07, 6.45) is 1.62. The number of piperazine rings is 1. The van der Waals surface area contributed by atoms with Crippen molar-refractivity contribution in [3.63, 3.8) is 0 Å². The molecule has 6 heteroatoms. The lowest BCUT2D eigenvalue weighted by Crippen LogP contribution is -2.52. The number of amides is 2. The maximum Gasteiger partial charge on any atom is 0.317 e. The first kappa shape index (κ1) is 18.2. The molecule has 1 aliphatic rings. The Labute approximate surface area is 155 Å². The van der Waals surface area contributed by atoms with Crippen LogP contribution in [0.1, 0.15) is 19.4 Å². The predicted octanol–water partition coefficient (Wildman–Crippen LogP) is 2.94. The van der Waals surface area contributed by atoms with Crippen LogP contribution in [0.25, 0.3) is 11.3 Å². The van der Waals surface area contributed by atoms with E-state index in [0.29, 0.717) is 25.6 Å². The lowest BCUT2D eigenvalue weighted by Gasteiger charge is -2.35. The van der Waals surface area contributed by atoms with Crippen LogP contribution in [0.3, 0.4) is 0 Å². The quantitative estimate of drug-likeness (QED) is 0.918. The molecule has 0 spiro atoms. The molecule has 1 fully saturated rings. The van der Waals surface area contributed by atoms with E-state index in [2.05, 4.69) is 65.2 Å². The number of nitrogens with zero attached hydrogens (tertiary/aromatic N) is 4. The molecule has 1 N–H and O–H groups in total. The first-order valence-electron chi connectivity index (χ1n) is 9.20. The zero-order valence-electron chi connectivity index (χ0n) is 15.8. The van der Waals surface area contributed by atoms with E-state index in [1.54, 1.807) is 6.33 Å². The van der Waals surface area contributed by atoms with E-state index < -0.39 is 0 Å². The van der Waals surface area contributed by atoms with E-state index in [9.17, 15) is 4.79 Å². The lowest BCUT2D eigenvalue weighted by molar-refractivity contribution is 0.193. The summed E-state index contributed by atoms with van der Waals surface area (Å²) in [4.78, 5) is 25.1. The maximum absolute atomic E-state index is 12.2. The Morgan fingerprint density at radius 2 is 1.81 bits per heavy atom. The second-order valence-corrected chi connectivity index (χ2v) is 7.18. The highest BCUT2D eigenvalue weighted by Gasteiger charge is 2.22. The van der Waals surface area contributed by atoms with Crippen molar-refractivity contribution in [1.82, 2.24) is 20.2 Å². The number of rotatable bonds is 4. The molecule has 138 valence electrons. The van der Waals surface area contributed by atoms with Gasteiger partial charge in [0.15, 0.2) is 0 Å². The molecule has 0 atom stereocenters. The minimum Gasteiger partial charge on any atom is -0.353 e. The van der Waals surface area contributed by atoms with Gasteiger partial charge in [0.25, 0.3) is 0 Å². The molecule has 3 rings (SSSR count). The van der Waals surface area contributed by atoms with Gasteiger partial charge in [-0.1, -0.05) is 43.7 Å². The summed E-state index contributed by atoms with van der Waals surface area (Å²) < 4.78 is 0. The molecule has 0 saturated carbocycles. The summed E-state index contributed by atoms with van der Waals surface area (Å²) in [5.41, 5.74) is 3.24. The minimum absolute atomic E-state index is 0.0291. The lowest BCUT2D eigenvalue weighted by atomic mass is 10.1. The molecule has 2 heterocycles. The number of hydrogen-bond acceptors (Lipinski definition) is 4. The van der Waals surface area contributed by atoms with Crippen LogP contribution in [0.2, 0.25) is 0 Å². The smallest absolute Gasteiger partial charge is 0.317 e. The van der Waals surface area contributed by atoms with Crippen molar-refractivity contribution in [3.05, 3.63) is 42.2 Å². The Kier molecular flexibility index (Phi) is 5.71. The van der Waals surface area contributed by atoms with Crippen molar-refractivity contribution in [2.24, 2.45) is 5.92 Å². The van der Waals surface area contributed by atoms with E-state index >= 15 is 0 Å². The first-order valence-corrected chi connectivity index (χ1v) is 9.20. The van der Waals surface area contributed by atoms with Crippen molar-refractivity contribution in [1.29, 1.82) is 0 Å². The van der Waals surface area contributed by atoms with Crippen molar-refractivity contribution in [3.8, 4) is 11.3 Å². The van der Waals surface area contributed by atoms with Crippen molar-refractivity contribution in [2.75, 3.05) is 37.6 Å². The third kappa shape index (κ3) is 4.50. The Bertz CT molecular complexity index is 736. The molecule has 26 heavy (non-hydrogen) atoms. The van der Waals surface area contributed by atoms with Gasteiger partial charge in [0.2, 0.25) is 0 Å². The molecule has 0 radical (unpaired) electrons. The van der Waals surface area contributed by atoms with E-state index in [-0.39, 0.29) is 6.03 Å². The van der Waals surface area contributed by atoms with E-state index in [1.807, 2.05) is 11.0 Å². The molecule has 1 aliphatic heterocycles. The summed E-state index contributed by atoms with van der Waals surface area (Å²) in [6, 6.07) is 10.4. The van der Waals surface area contributed by atoms with Gasteiger partial charge in [0.05, 0.1) is 5.69 Å². The highest BCUT2D eigenvalue weighted by Crippen LogP contribution is 2.22. The van der Waals surface area contributed by atoms with E-state index in [4.69, 9.17) is 0 Å². The number of hydrogen-bond donors (Lipinski definition) is 1. The summed E-state index contributed by atoms with van der Waals surface area (Å²) in [5, 5.41) is 2.98. The molecule has 1 saturated heterocycles. The fourth-order valence-corrected chi connectivity index (χ4v) is 2.94. The van der Waals surface area contributed by atoms with E-state index in [0.717, 1.165) is 30.2 Å². The zero-order valence-corrected chi connectivity index (χ0v) is 15.8. The van der Waals surface area contributed by atoms with Gasteiger partial charge in [-0.15, -0.1) is 0 Å². The summed E-state index contributed by atoms with van der Waals surface area (Å²) >= 11 is 0. The Morgan fingerprint density at radius 3 is 2.46 bits per heavy atom. The van der Waals surface area contributed by atoms with E-state index in [1.165, 1.54) is 5.56 Å². The molecule has 2 aromatic rings. The van der Waals surface area contributed by atoms with Crippen molar-refractivity contribution in [2.45, 2.75) is 20.8 Å². The summed E-state index contributed by atoms with van der Waals surface area (Å²) in [7, 11) is 0. The van der Waals surface area contributed by atoms with Crippen LogP contribution in [0.5, 0.6) is 0 Å². The minimum atomic E-state index is 0.0291. The third-order valence-corrected chi connectivity index (χ3v) is 4.55. The van der Waals surface area contributed by atoms with Crippen molar-refractivity contribution >= 4 is 11.8 Å². The van der Waals surface area contributed by atoms with Crippen LogP contribution < -0.4 is 10.2 Å². The van der Waals surface area contributed by atoms with Gasteiger partial charge in [0, 0.05) is 44.4 Å². The number of nitrogens with one attached hydrogen (secondary N) is 1. The average Bonchev–Trinajstić information content (AvgIpc) is 2.67. The van der Waals surface area contributed by atoms with Gasteiger partial charge < -0.3 is 15.1 Å². The van der Waals surface area contributed by atoms with Crippen LogP contribution in [0, 0.1) is 12.8 Å². The fourth-order valence-electron chi connectivity index (χ4n) is 2.94. The summed E-state index contributed by atoms with van der Waals surface area (Å²) in [5.74, 6) is 1.37. The number of aryl methyl sites for hydroxylation is 1. The average molecular weight is 353 g/mol. The SMILES string of the molecule is Cc1ccc(-c2cc(N3CCN(C(=O)NCC(C)C)CC3)ncn2)cc1. The molecule has 0 unspecified atom stereocenters. The monoisotopic (exact) mass is 353 g/mol. The number of carbonyl (C=O) groups is 1. The number of urea groups is 1. The molecular formula is C20H27N5O. The van der Waals surface area contributed by atoms with Crippen LogP contribution in [-0.4, -0.2) is 53.6 Å². The van der Waals surface area contributed by atoms with Gasteiger partial charge in [-0.3, -0.25) is 0 Å². The van der Waals surface area contributed by atoms with Crippen molar-refractivity contribution < 1.29 is 4.79 Å². The topological polar surface area (TPSA) is 61.4 Å². The largest absolute Gasteiger partial charge is 0.353 e. The van der Waals surface area contributed by atoms with Gasteiger partial charge in [0.1, 0.15) is 12.1 Å². The number of aromatic nitrogens is 2. The number of benzene rings is 1. The normalized spacial score (nSPS) is 14.6. The Hall–Kier alpha value is -2.63. The van der Waals surface area contributed by atoms with Crippen LogP contribution in [0.15, 0.2) is 36.7 Å². The van der Waals surface area contributed by atoms with Gasteiger partial charge in [-0.05, 0) is 12.8 Å². The molecule has 6 nitrogen and oxygen atoms in total. The standard InChI is InChI=1S/C20H27N5O/c1-15(2)13-21-20(26)25-10-8-24(9-11-25)19-12-18(22-14-23-19)17-6-4-16(3)5-7-17/h4-7,12,14-15H,8-11,13H2,1-3H3,(H,21,26). The van der Waals surface area contributed by atoms with Crippen LogP contribution in [0.4, 0.5) is 10.6 Å². The number of anilines is 1. The molecular weight excluding hydrogens is 326 g/mol. The predicted molar refractivity (Wildman–Crippen MR) is 104 cm³/mol. The Morgan fingerprint density at radius 1 is 1.12 bits per heavy atom. The van der Waals surface area contributed by atoms with Gasteiger partial charge >= 0.3 is 6.03 Å². The molecule has 1 aromatic carbocycles.